The maximum absolute atomic E-state index is 2.52. The SMILES string of the molecule is CC1CCCCC1[Se][Se]CC1CCCCC1. The molecule has 0 heterocycles. The van der Waals surface area contributed by atoms with Crippen LogP contribution in [-0.2, 0) is 0 Å². The van der Waals surface area contributed by atoms with Crippen LogP contribution in [-0.4, -0.2) is 26.3 Å². The maximum atomic E-state index is 2.52. The van der Waals surface area contributed by atoms with Crippen molar-refractivity contribution in [3.63, 3.8) is 0 Å². The van der Waals surface area contributed by atoms with Crippen molar-refractivity contribution in [2.24, 2.45) is 11.8 Å². The third-order valence-corrected chi connectivity index (χ3v) is 13.5. The van der Waals surface area contributed by atoms with Crippen LogP contribution < -0.4 is 0 Å². The fourth-order valence-electron chi connectivity index (χ4n) is 3.00. The fraction of sp³-hybridized carbons (Fsp3) is 1.00. The van der Waals surface area contributed by atoms with Crippen LogP contribution in [0.2, 0.25) is 10.1 Å². The van der Waals surface area contributed by atoms with Crippen LogP contribution in [0, 0.1) is 11.8 Å². The predicted octanol–water partition coefficient (Wildman–Crippen LogP) is 4.31. The van der Waals surface area contributed by atoms with E-state index in [0.29, 0.717) is 0 Å². The van der Waals surface area contributed by atoms with Crippen molar-refractivity contribution in [3.05, 3.63) is 0 Å². The molecule has 94 valence electrons. The molecule has 16 heavy (non-hydrogen) atoms. The zero-order valence-electron chi connectivity index (χ0n) is 10.6. The Kier molecular flexibility index (Phi) is 6.29. The van der Waals surface area contributed by atoms with Crippen LogP contribution >= 0.6 is 0 Å². The second-order valence-corrected chi connectivity index (χ2v) is 13.2. The van der Waals surface area contributed by atoms with Crippen molar-refractivity contribution < 1.29 is 0 Å². The van der Waals surface area contributed by atoms with E-state index in [9.17, 15) is 0 Å². The summed E-state index contributed by atoms with van der Waals surface area (Å²) in [6.45, 7) is 2.52. The van der Waals surface area contributed by atoms with Gasteiger partial charge < -0.3 is 0 Å². The first kappa shape index (κ1) is 13.5. The Morgan fingerprint density at radius 2 is 1.56 bits per heavy atom. The van der Waals surface area contributed by atoms with E-state index in [4.69, 9.17) is 0 Å². The number of rotatable bonds is 4. The van der Waals surface area contributed by atoms with E-state index < -0.39 is 0 Å². The van der Waals surface area contributed by atoms with Gasteiger partial charge in [-0.3, -0.25) is 0 Å². The van der Waals surface area contributed by atoms with E-state index in [2.05, 4.69) is 6.92 Å². The normalized spacial score (nSPS) is 32.8. The van der Waals surface area contributed by atoms with Gasteiger partial charge in [-0.1, -0.05) is 0 Å². The molecule has 0 aromatic carbocycles. The zero-order valence-corrected chi connectivity index (χ0v) is 14.0. The molecule has 2 heteroatoms. The van der Waals surface area contributed by atoms with Crippen LogP contribution in [0.25, 0.3) is 0 Å². The third-order valence-electron chi connectivity index (χ3n) is 4.25. The molecule has 0 aliphatic heterocycles. The molecule has 2 saturated carbocycles. The van der Waals surface area contributed by atoms with Crippen LogP contribution in [0.1, 0.15) is 64.7 Å². The zero-order chi connectivity index (χ0) is 11.2. The van der Waals surface area contributed by atoms with Crippen LogP contribution in [0.15, 0.2) is 0 Å². The van der Waals surface area contributed by atoms with Gasteiger partial charge in [0.25, 0.3) is 0 Å². The van der Waals surface area contributed by atoms with Gasteiger partial charge in [0.2, 0.25) is 0 Å². The third kappa shape index (κ3) is 4.37. The fourth-order valence-corrected chi connectivity index (χ4v) is 13.8. The van der Waals surface area contributed by atoms with Crippen molar-refractivity contribution in [2.45, 2.75) is 74.8 Å². The summed E-state index contributed by atoms with van der Waals surface area (Å²) in [5, 5.41) is 1.64. The summed E-state index contributed by atoms with van der Waals surface area (Å²) in [4.78, 5) is 1.17. The molecular weight excluding hydrogens is 326 g/mol. The van der Waals surface area contributed by atoms with Crippen LogP contribution in [0.4, 0.5) is 0 Å². The molecule has 2 atom stereocenters. The first-order chi connectivity index (χ1) is 7.86. The Balaban J connectivity index is 1.59. The standard InChI is InChI=1S/C14H26Se2/c1-12-7-5-6-10-14(12)16-15-11-13-8-3-2-4-9-13/h12-14H,2-11H2,1H3. The minimum atomic E-state index is 1.03. The van der Waals surface area contributed by atoms with Crippen molar-refractivity contribution in [2.75, 3.05) is 0 Å². The van der Waals surface area contributed by atoms with E-state index >= 15 is 0 Å². The molecule has 2 fully saturated rings. The molecule has 0 spiro atoms. The van der Waals surface area contributed by atoms with Crippen LogP contribution in [0.3, 0.4) is 0 Å². The van der Waals surface area contributed by atoms with Gasteiger partial charge in [-0.2, -0.15) is 0 Å². The first-order valence-corrected chi connectivity index (χ1v) is 13.7. The molecule has 2 aliphatic rings. The second-order valence-electron chi connectivity index (χ2n) is 5.68. The van der Waals surface area contributed by atoms with Gasteiger partial charge in [-0.05, 0) is 0 Å². The Morgan fingerprint density at radius 3 is 2.31 bits per heavy atom. The molecule has 0 radical (unpaired) electrons. The Morgan fingerprint density at radius 1 is 0.875 bits per heavy atom. The van der Waals surface area contributed by atoms with Crippen LogP contribution in [0.5, 0.6) is 0 Å². The average Bonchev–Trinajstić information content (AvgIpc) is 2.33. The molecule has 0 nitrogen and oxygen atoms in total. The molecule has 0 saturated heterocycles. The monoisotopic (exact) mass is 354 g/mol. The first-order valence-electron chi connectivity index (χ1n) is 7.14. The summed E-state index contributed by atoms with van der Waals surface area (Å²) >= 11 is 2.07. The molecule has 0 bridgehead atoms. The summed E-state index contributed by atoms with van der Waals surface area (Å²) in [7, 11) is 0. The topological polar surface area (TPSA) is 0 Å². The molecule has 0 N–H and O–H groups in total. The number of hydrogen-bond donors (Lipinski definition) is 0. The minimum absolute atomic E-state index is 1.03. The molecule has 2 aliphatic carbocycles. The molecule has 0 aromatic rings. The van der Waals surface area contributed by atoms with Crippen molar-refractivity contribution >= 4 is 26.3 Å². The summed E-state index contributed by atoms with van der Waals surface area (Å²) in [6, 6.07) is 0. The molecule has 0 aromatic heterocycles. The quantitative estimate of drug-likeness (QED) is 0.662. The van der Waals surface area contributed by atoms with E-state index in [1.54, 1.807) is 24.6 Å². The van der Waals surface area contributed by atoms with E-state index in [0.717, 1.165) is 38.1 Å². The molecule has 2 unspecified atom stereocenters. The Labute approximate surface area is 113 Å². The van der Waals surface area contributed by atoms with Crippen molar-refractivity contribution in [1.82, 2.24) is 0 Å². The summed E-state index contributed by atoms with van der Waals surface area (Å²) < 4.78 is 0. The van der Waals surface area contributed by atoms with Gasteiger partial charge in [-0.15, -0.1) is 0 Å². The predicted molar refractivity (Wildman–Crippen MR) is 74.3 cm³/mol. The Hall–Kier alpha value is 1.04. The average molecular weight is 352 g/mol. The van der Waals surface area contributed by atoms with E-state index in [-0.39, 0.29) is 0 Å². The van der Waals surface area contributed by atoms with Crippen molar-refractivity contribution in [1.29, 1.82) is 0 Å². The van der Waals surface area contributed by atoms with E-state index in [1.807, 2.05) is 0 Å². The summed E-state index contributed by atoms with van der Waals surface area (Å²) in [5.41, 5.74) is 0. The molecular formula is C14H26Se2. The van der Waals surface area contributed by atoms with Crippen molar-refractivity contribution in [3.8, 4) is 0 Å². The summed E-state index contributed by atoms with van der Waals surface area (Å²) in [5.74, 6) is 2.22. The summed E-state index contributed by atoms with van der Waals surface area (Å²) in [6.07, 6.45) is 13.9. The number of hydrogen-bond acceptors (Lipinski definition) is 0. The van der Waals surface area contributed by atoms with E-state index in [1.165, 1.54) is 43.3 Å². The second kappa shape index (κ2) is 7.47. The van der Waals surface area contributed by atoms with Gasteiger partial charge in [0.05, 0.1) is 0 Å². The van der Waals surface area contributed by atoms with Gasteiger partial charge >= 0.3 is 113 Å². The molecule has 2 rings (SSSR count). The molecule has 0 amide bonds. The van der Waals surface area contributed by atoms with Gasteiger partial charge in [-0.25, -0.2) is 0 Å². The van der Waals surface area contributed by atoms with Gasteiger partial charge in [0.15, 0.2) is 0 Å². The Bertz CT molecular complexity index is 187. The van der Waals surface area contributed by atoms with Gasteiger partial charge in [0, 0.05) is 0 Å². The van der Waals surface area contributed by atoms with Gasteiger partial charge in [0.1, 0.15) is 0 Å².